The van der Waals surface area contributed by atoms with Crippen LogP contribution in [0, 0.1) is 10.1 Å². The largest absolute Gasteiger partial charge is 0.502 e. The van der Waals surface area contributed by atoms with Crippen LogP contribution in [0.4, 0.5) is 5.69 Å². The number of hydrogen-bond donors (Lipinski definition) is 1. The molecule has 22 heavy (non-hydrogen) atoms. The summed E-state index contributed by atoms with van der Waals surface area (Å²) in [5.41, 5.74) is 0.340. The Balaban J connectivity index is 1.98. The number of Topliss-reactive ketones (excluding diaryl/α,β-unsaturated/α-hetero) is 1. The highest BCUT2D eigenvalue weighted by molar-refractivity contribution is 6.33. The van der Waals surface area contributed by atoms with E-state index in [0.717, 1.165) is 6.07 Å². The van der Waals surface area contributed by atoms with Gasteiger partial charge in [-0.05, 0) is 35.9 Å². The zero-order valence-corrected chi connectivity index (χ0v) is 11.7. The van der Waals surface area contributed by atoms with E-state index in [1.165, 1.54) is 18.2 Å². The first-order chi connectivity index (χ1) is 10.5. The number of phenolic OH excluding ortho intramolecular Hbond substituents is 1. The van der Waals surface area contributed by atoms with E-state index in [4.69, 9.17) is 16.3 Å². The average molecular weight is 318 g/mol. The number of nitro benzene ring substituents is 1. The number of fused-ring (bicyclic) bond motifs is 1. The van der Waals surface area contributed by atoms with Crippen molar-refractivity contribution in [1.82, 2.24) is 0 Å². The summed E-state index contributed by atoms with van der Waals surface area (Å²) in [4.78, 5) is 22.1. The summed E-state index contributed by atoms with van der Waals surface area (Å²) in [6, 6.07) is 8.59. The van der Waals surface area contributed by atoms with Gasteiger partial charge in [0, 0.05) is 6.07 Å². The summed E-state index contributed by atoms with van der Waals surface area (Å²) in [6.07, 6.45) is 1.39. The van der Waals surface area contributed by atoms with Crippen molar-refractivity contribution in [2.45, 2.75) is 0 Å². The van der Waals surface area contributed by atoms with Crippen molar-refractivity contribution in [3.05, 3.63) is 68.4 Å². The fourth-order valence-corrected chi connectivity index (χ4v) is 2.32. The van der Waals surface area contributed by atoms with Gasteiger partial charge in [0.1, 0.15) is 0 Å². The summed E-state index contributed by atoms with van der Waals surface area (Å²) in [6.45, 7) is 0. The van der Waals surface area contributed by atoms with Crippen molar-refractivity contribution in [2.24, 2.45) is 0 Å². The van der Waals surface area contributed by atoms with Crippen LogP contribution in [0.2, 0.25) is 5.02 Å². The third-order valence-electron chi connectivity index (χ3n) is 3.14. The zero-order chi connectivity index (χ0) is 15.9. The molecule has 1 aliphatic heterocycles. The zero-order valence-electron chi connectivity index (χ0n) is 10.9. The number of para-hydroxylation sites is 1. The van der Waals surface area contributed by atoms with E-state index in [-0.39, 0.29) is 17.3 Å². The van der Waals surface area contributed by atoms with Crippen molar-refractivity contribution in [1.29, 1.82) is 0 Å². The summed E-state index contributed by atoms with van der Waals surface area (Å²) < 4.78 is 5.44. The Labute approximate surface area is 129 Å². The second kappa shape index (κ2) is 5.16. The minimum absolute atomic E-state index is 0.0383. The molecule has 0 aliphatic carbocycles. The number of ether oxygens (including phenoxy) is 1. The third-order valence-corrected chi connectivity index (χ3v) is 3.44. The third kappa shape index (κ3) is 2.29. The lowest BCUT2D eigenvalue weighted by Crippen LogP contribution is -1.98. The Hall–Kier alpha value is -2.86. The van der Waals surface area contributed by atoms with E-state index in [1.807, 2.05) is 0 Å². The van der Waals surface area contributed by atoms with Gasteiger partial charge >= 0.3 is 5.69 Å². The SMILES string of the molecule is O=C1/C(=C/c2ccc([N+](=O)[O-])c(O)c2)Oc2c(Cl)cccc21. The molecule has 0 bridgehead atoms. The van der Waals surface area contributed by atoms with E-state index in [9.17, 15) is 20.0 Å². The van der Waals surface area contributed by atoms with E-state index in [0.29, 0.717) is 16.1 Å². The second-order valence-electron chi connectivity index (χ2n) is 4.56. The van der Waals surface area contributed by atoms with Crippen molar-refractivity contribution in [3.63, 3.8) is 0 Å². The van der Waals surface area contributed by atoms with Gasteiger partial charge in [0.25, 0.3) is 0 Å². The van der Waals surface area contributed by atoms with E-state index in [1.54, 1.807) is 18.2 Å². The van der Waals surface area contributed by atoms with Crippen molar-refractivity contribution >= 4 is 29.1 Å². The number of phenols is 1. The number of carbonyl (C=O) groups excluding carboxylic acids is 1. The number of nitro groups is 1. The Morgan fingerprint density at radius 3 is 2.68 bits per heavy atom. The lowest BCUT2D eigenvalue weighted by atomic mass is 10.1. The number of halogens is 1. The summed E-state index contributed by atoms with van der Waals surface area (Å²) in [5.74, 6) is -0.501. The molecule has 0 aromatic heterocycles. The van der Waals surface area contributed by atoms with Gasteiger partial charge in [-0.3, -0.25) is 14.9 Å². The average Bonchev–Trinajstić information content (AvgIpc) is 2.77. The van der Waals surface area contributed by atoms with E-state index in [2.05, 4.69) is 0 Å². The van der Waals surface area contributed by atoms with E-state index >= 15 is 0 Å². The highest BCUT2D eigenvalue weighted by Crippen LogP contribution is 2.38. The summed E-state index contributed by atoms with van der Waals surface area (Å²) >= 11 is 5.96. The highest BCUT2D eigenvalue weighted by Gasteiger charge is 2.29. The highest BCUT2D eigenvalue weighted by atomic mass is 35.5. The molecule has 0 amide bonds. The molecule has 1 aliphatic rings. The number of benzene rings is 2. The number of ketones is 1. The molecule has 0 atom stereocenters. The quantitative estimate of drug-likeness (QED) is 0.519. The van der Waals surface area contributed by atoms with Crippen molar-refractivity contribution in [2.75, 3.05) is 0 Å². The number of nitrogens with zero attached hydrogens (tertiary/aromatic N) is 1. The maximum atomic E-state index is 12.2. The number of rotatable bonds is 2. The molecule has 0 radical (unpaired) electrons. The maximum absolute atomic E-state index is 12.2. The fourth-order valence-electron chi connectivity index (χ4n) is 2.11. The molecule has 1 heterocycles. The monoisotopic (exact) mass is 317 g/mol. The van der Waals surface area contributed by atoms with Gasteiger partial charge in [-0.2, -0.15) is 0 Å². The molecule has 1 N–H and O–H groups in total. The van der Waals surface area contributed by atoms with Crippen molar-refractivity contribution in [3.8, 4) is 11.5 Å². The summed E-state index contributed by atoms with van der Waals surface area (Å²) in [5, 5.41) is 20.6. The van der Waals surface area contributed by atoms with Crippen LogP contribution in [0.5, 0.6) is 11.5 Å². The van der Waals surface area contributed by atoms with Gasteiger partial charge in [0.15, 0.2) is 17.3 Å². The normalized spacial score (nSPS) is 14.8. The molecule has 2 aromatic carbocycles. The van der Waals surface area contributed by atoms with Crippen LogP contribution in [0.25, 0.3) is 6.08 Å². The van der Waals surface area contributed by atoms with Gasteiger partial charge < -0.3 is 9.84 Å². The number of aromatic hydroxyl groups is 1. The molecule has 0 spiro atoms. The Bertz CT molecular complexity index is 844. The molecule has 3 rings (SSSR count). The Kier molecular flexibility index (Phi) is 3.30. The van der Waals surface area contributed by atoms with E-state index < -0.39 is 16.4 Å². The first-order valence-electron chi connectivity index (χ1n) is 6.17. The van der Waals surface area contributed by atoms with Crippen LogP contribution < -0.4 is 4.74 Å². The molecule has 110 valence electrons. The molecule has 2 aromatic rings. The van der Waals surface area contributed by atoms with Gasteiger partial charge in [-0.1, -0.05) is 17.7 Å². The minimum Gasteiger partial charge on any atom is -0.502 e. The van der Waals surface area contributed by atoms with Gasteiger partial charge in [0.2, 0.25) is 5.78 Å². The summed E-state index contributed by atoms with van der Waals surface area (Å²) in [7, 11) is 0. The standard InChI is InChI=1S/C15H8ClNO5/c16-10-3-1-2-9-14(19)13(22-15(9)10)7-8-4-5-11(17(20)21)12(18)6-8/h1-7,18H/b13-7-. The molecule has 0 saturated carbocycles. The van der Waals surface area contributed by atoms with Crippen LogP contribution in [0.1, 0.15) is 15.9 Å². The Morgan fingerprint density at radius 1 is 1.27 bits per heavy atom. The van der Waals surface area contributed by atoms with Gasteiger partial charge in [-0.25, -0.2) is 0 Å². The minimum atomic E-state index is -0.695. The first kappa shape index (κ1) is 14.1. The topological polar surface area (TPSA) is 89.7 Å². The van der Waals surface area contributed by atoms with Crippen LogP contribution in [0.15, 0.2) is 42.2 Å². The Morgan fingerprint density at radius 2 is 2.05 bits per heavy atom. The molecule has 6 nitrogen and oxygen atoms in total. The smallest absolute Gasteiger partial charge is 0.310 e. The predicted octanol–water partition coefficient (Wildman–Crippen LogP) is 3.57. The predicted molar refractivity (Wildman–Crippen MR) is 79.1 cm³/mol. The second-order valence-corrected chi connectivity index (χ2v) is 4.97. The fraction of sp³-hybridized carbons (Fsp3) is 0. The van der Waals surface area contributed by atoms with Crippen LogP contribution in [-0.2, 0) is 0 Å². The van der Waals surface area contributed by atoms with Crippen LogP contribution >= 0.6 is 11.6 Å². The molecule has 0 unspecified atom stereocenters. The van der Waals surface area contributed by atoms with Gasteiger partial charge in [-0.15, -0.1) is 0 Å². The van der Waals surface area contributed by atoms with Crippen LogP contribution in [0.3, 0.4) is 0 Å². The molecular formula is C15H8ClNO5. The molecule has 0 fully saturated rings. The molecule has 7 heteroatoms. The number of hydrogen-bond acceptors (Lipinski definition) is 5. The van der Waals surface area contributed by atoms with Crippen LogP contribution in [-0.4, -0.2) is 15.8 Å². The lowest BCUT2D eigenvalue weighted by Gasteiger charge is -2.01. The van der Waals surface area contributed by atoms with Gasteiger partial charge in [0.05, 0.1) is 15.5 Å². The lowest BCUT2D eigenvalue weighted by molar-refractivity contribution is -0.385. The number of allylic oxidation sites excluding steroid dienone is 1. The first-order valence-corrected chi connectivity index (χ1v) is 6.55. The van der Waals surface area contributed by atoms with Crippen molar-refractivity contribution < 1.29 is 19.6 Å². The number of carbonyl (C=O) groups is 1. The molecule has 0 saturated heterocycles. The maximum Gasteiger partial charge on any atom is 0.310 e. The molecular weight excluding hydrogens is 310 g/mol.